The van der Waals surface area contributed by atoms with E-state index in [1.165, 1.54) is 17.7 Å². The van der Waals surface area contributed by atoms with Crippen molar-refractivity contribution in [1.29, 1.82) is 0 Å². The maximum absolute atomic E-state index is 14.1. The summed E-state index contributed by atoms with van der Waals surface area (Å²) >= 11 is 0. The molecule has 0 fully saturated rings. The highest BCUT2D eigenvalue weighted by Gasteiger charge is 2.19. The van der Waals surface area contributed by atoms with Crippen molar-refractivity contribution in [3.63, 3.8) is 0 Å². The molecule has 3 rings (SSSR count). The van der Waals surface area contributed by atoms with Crippen molar-refractivity contribution in [1.82, 2.24) is 19.3 Å². The first-order valence-electron chi connectivity index (χ1n) is 6.04. The molecule has 2 aromatic heterocycles. The fourth-order valence-electron chi connectivity index (χ4n) is 2.32. The van der Waals surface area contributed by atoms with Crippen LogP contribution in [0.1, 0.15) is 5.69 Å². The molecule has 2 N–H and O–H groups in total. The van der Waals surface area contributed by atoms with Crippen molar-refractivity contribution in [2.75, 3.05) is 12.8 Å². The van der Waals surface area contributed by atoms with Crippen LogP contribution in [0.4, 0.5) is 10.3 Å². The molecule has 0 aliphatic carbocycles. The summed E-state index contributed by atoms with van der Waals surface area (Å²) in [6.45, 7) is 1.83. The maximum atomic E-state index is 14.1. The molecule has 0 saturated heterocycles. The van der Waals surface area contributed by atoms with Crippen molar-refractivity contribution in [2.45, 2.75) is 6.92 Å². The lowest BCUT2D eigenvalue weighted by Gasteiger charge is -2.10. The number of benzene rings is 1. The molecule has 0 saturated carbocycles. The second-order valence-electron chi connectivity index (χ2n) is 4.50. The van der Waals surface area contributed by atoms with Crippen LogP contribution in [0.5, 0.6) is 5.75 Å². The van der Waals surface area contributed by atoms with E-state index in [2.05, 4.69) is 10.1 Å². The van der Waals surface area contributed by atoms with Gasteiger partial charge in [-0.2, -0.15) is 5.10 Å². The van der Waals surface area contributed by atoms with Crippen LogP contribution >= 0.6 is 0 Å². The minimum absolute atomic E-state index is 0.211. The summed E-state index contributed by atoms with van der Waals surface area (Å²) in [5.74, 6) is 0.348. The van der Waals surface area contributed by atoms with Crippen LogP contribution in [-0.2, 0) is 7.05 Å². The van der Waals surface area contributed by atoms with E-state index in [0.29, 0.717) is 16.9 Å². The second kappa shape index (κ2) is 4.22. The predicted octanol–water partition coefficient (Wildman–Crippen LogP) is 1.80. The van der Waals surface area contributed by atoms with Gasteiger partial charge in [-0.15, -0.1) is 0 Å². The minimum atomic E-state index is -0.407. The number of hydrogen-bond acceptors (Lipinski definition) is 4. The Labute approximate surface area is 114 Å². The van der Waals surface area contributed by atoms with Crippen LogP contribution < -0.4 is 10.5 Å². The number of nitrogen functional groups attached to an aromatic ring is 1. The third-order valence-corrected chi connectivity index (χ3v) is 3.22. The number of methoxy groups -OCH3 is 1. The number of nitrogens with zero attached hydrogens (tertiary/aromatic N) is 4. The molecule has 3 aromatic rings. The number of imidazole rings is 1. The molecule has 0 radical (unpaired) electrons. The van der Waals surface area contributed by atoms with E-state index >= 15 is 0 Å². The van der Waals surface area contributed by atoms with Gasteiger partial charge in [0.1, 0.15) is 17.1 Å². The summed E-state index contributed by atoms with van der Waals surface area (Å²) in [6, 6.07) is 4.47. The number of aryl methyl sites for hydroxylation is 2. The van der Waals surface area contributed by atoms with E-state index in [9.17, 15) is 4.39 Å². The van der Waals surface area contributed by atoms with Gasteiger partial charge < -0.3 is 10.5 Å². The van der Waals surface area contributed by atoms with Crippen molar-refractivity contribution in [3.8, 4) is 11.4 Å². The number of anilines is 1. The molecule has 0 spiro atoms. The Balaban J connectivity index is 2.37. The number of nitrogens with two attached hydrogens (primary N) is 1. The number of rotatable bonds is 2. The molecule has 7 heteroatoms. The Hall–Kier alpha value is -2.57. The first kappa shape index (κ1) is 12.5. The highest BCUT2D eigenvalue weighted by Crippen LogP contribution is 2.28. The topological polar surface area (TPSA) is 70.9 Å². The zero-order valence-corrected chi connectivity index (χ0v) is 11.4. The van der Waals surface area contributed by atoms with Crippen molar-refractivity contribution in [2.24, 2.45) is 7.05 Å². The molecular formula is C13H14FN5O. The first-order valence-corrected chi connectivity index (χ1v) is 6.04. The van der Waals surface area contributed by atoms with E-state index in [0.717, 1.165) is 5.69 Å². The lowest BCUT2D eigenvalue weighted by molar-refractivity contribution is 0.413. The van der Waals surface area contributed by atoms with Gasteiger partial charge in [-0.1, -0.05) is 0 Å². The second-order valence-corrected chi connectivity index (χ2v) is 4.50. The fourth-order valence-corrected chi connectivity index (χ4v) is 2.32. The van der Waals surface area contributed by atoms with Gasteiger partial charge in [-0.3, -0.25) is 4.57 Å². The third kappa shape index (κ3) is 1.63. The van der Waals surface area contributed by atoms with Gasteiger partial charge in [0.05, 0.1) is 18.5 Å². The Morgan fingerprint density at radius 1 is 1.35 bits per heavy atom. The van der Waals surface area contributed by atoms with Gasteiger partial charge in [0.15, 0.2) is 5.65 Å². The molecule has 1 aromatic carbocycles. The predicted molar refractivity (Wildman–Crippen MR) is 73.5 cm³/mol. The largest absolute Gasteiger partial charge is 0.497 e. The summed E-state index contributed by atoms with van der Waals surface area (Å²) < 4.78 is 22.4. The van der Waals surface area contributed by atoms with E-state index in [-0.39, 0.29) is 11.6 Å². The van der Waals surface area contributed by atoms with Crippen molar-refractivity contribution in [3.05, 3.63) is 29.7 Å². The average Bonchev–Trinajstić information content (AvgIpc) is 2.89. The summed E-state index contributed by atoms with van der Waals surface area (Å²) in [5, 5.41) is 4.27. The molecule has 20 heavy (non-hydrogen) atoms. The van der Waals surface area contributed by atoms with E-state index in [1.54, 1.807) is 23.9 Å². The van der Waals surface area contributed by atoms with Gasteiger partial charge in [0.2, 0.25) is 5.95 Å². The zero-order chi connectivity index (χ0) is 14.4. The smallest absolute Gasteiger partial charge is 0.207 e. The molecule has 0 aliphatic heterocycles. The number of fused-ring (bicyclic) bond motifs is 1. The Morgan fingerprint density at radius 3 is 2.80 bits per heavy atom. The molecule has 0 aliphatic rings. The van der Waals surface area contributed by atoms with Gasteiger partial charge in [0.25, 0.3) is 0 Å². The van der Waals surface area contributed by atoms with E-state index in [4.69, 9.17) is 10.5 Å². The molecule has 2 heterocycles. The lowest BCUT2D eigenvalue weighted by Crippen LogP contribution is -2.06. The van der Waals surface area contributed by atoms with Crippen LogP contribution in [0.15, 0.2) is 18.2 Å². The lowest BCUT2D eigenvalue weighted by atomic mass is 10.3. The number of aromatic nitrogens is 4. The van der Waals surface area contributed by atoms with E-state index in [1.807, 2.05) is 6.92 Å². The van der Waals surface area contributed by atoms with Crippen LogP contribution in [0.25, 0.3) is 16.9 Å². The molecular weight excluding hydrogens is 261 g/mol. The van der Waals surface area contributed by atoms with Crippen LogP contribution in [0.3, 0.4) is 0 Å². The standard InChI is InChI=1S/C13H14FN5O/c1-7-11-12(18(2)17-7)19(13(15)16-11)10-6-8(20-3)4-5-9(10)14/h4-6H,1-3H3,(H2,15,16). The summed E-state index contributed by atoms with van der Waals surface area (Å²) in [4.78, 5) is 4.26. The Bertz CT molecular complexity index is 805. The minimum Gasteiger partial charge on any atom is -0.497 e. The van der Waals surface area contributed by atoms with Gasteiger partial charge in [-0.05, 0) is 19.1 Å². The average molecular weight is 275 g/mol. The Kier molecular flexibility index (Phi) is 2.63. The SMILES string of the molecule is COc1ccc(F)c(-n2c(N)nc3c(C)nn(C)c32)c1. The Morgan fingerprint density at radius 2 is 2.10 bits per heavy atom. The quantitative estimate of drug-likeness (QED) is 0.774. The van der Waals surface area contributed by atoms with Crippen molar-refractivity contribution >= 4 is 17.1 Å². The highest BCUT2D eigenvalue weighted by atomic mass is 19.1. The molecule has 0 bridgehead atoms. The van der Waals surface area contributed by atoms with Gasteiger partial charge in [0, 0.05) is 13.1 Å². The fraction of sp³-hybridized carbons (Fsp3) is 0.231. The molecule has 104 valence electrons. The normalized spacial score (nSPS) is 11.2. The van der Waals surface area contributed by atoms with Crippen LogP contribution in [-0.4, -0.2) is 26.4 Å². The van der Waals surface area contributed by atoms with Gasteiger partial charge in [-0.25, -0.2) is 14.1 Å². The zero-order valence-electron chi connectivity index (χ0n) is 11.4. The summed E-state index contributed by atoms with van der Waals surface area (Å²) in [6.07, 6.45) is 0. The number of hydrogen-bond donors (Lipinski definition) is 1. The van der Waals surface area contributed by atoms with Crippen molar-refractivity contribution < 1.29 is 9.13 Å². The maximum Gasteiger partial charge on any atom is 0.207 e. The van der Waals surface area contributed by atoms with Gasteiger partial charge >= 0.3 is 0 Å². The third-order valence-electron chi connectivity index (χ3n) is 3.22. The first-order chi connectivity index (χ1) is 9.52. The summed E-state index contributed by atoms with van der Waals surface area (Å²) in [7, 11) is 3.29. The number of ether oxygens (including phenoxy) is 1. The molecule has 0 atom stereocenters. The van der Waals surface area contributed by atoms with Crippen LogP contribution in [0.2, 0.25) is 0 Å². The highest BCUT2D eigenvalue weighted by molar-refractivity contribution is 5.80. The monoisotopic (exact) mass is 275 g/mol. The molecule has 0 unspecified atom stereocenters. The number of halogens is 1. The molecule has 6 nitrogen and oxygen atoms in total. The van der Waals surface area contributed by atoms with Crippen LogP contribution in [0, 0.1) is 12.7 Å². The summed E-state index contributed by atoms with van der Waals surface area (Å²) in [5.41, 5.74) is 8.27. The van der Waals surface area contributed by atoms with E-state index < -0.39 is 5.82 Å². The molecule has 0 amide bonds.